The van der Waals surface area contributed by atoms with Crippen molar-refractivity contribution in [3.8, 4) is 0 Å². The lowest BCUT2D eigenvalue weighted by Crippen LogP contribution is -2.30. The first-order valence-corrected chi connectivity index (χ1v) is 27.1. The highest BCUT2D eigenvalue weighted by molar-refractivity contribution is 5.71. The lowest BCUT2D eigenvalue weighted by atomic mass is 10.0. The van der Waals surface area contributed by atoms with E-state index in [-0.39, 0.29) is 31.1 Å². The molecule has 0 saturated heterocycles. The van der Waals surface area contributed by atoms with Gasteiger partial charge in [0.25, 0.3) is 0 Å². The van der Waals surface area contributed by atoms with Gasteiger partial charge in [-0.25, -0.2) is 0 Å². The summed E-state index contributed by atoms with van der Waals surface area (Å²) in [5, 5.41) is 0. The largest absolute Gasteiger partial charge is 0.462 e. The number of rotatable bonds is 49. The Morgan fingerprint density at radius 2 is 0.619 bits per heavy atom. The van der Waals surface area contributed by atoms with Crippen molar-refractivity contribution >= 4 is 17.9 Å². The van der Waals surface area contributed by atoms with E-state index in [1.54, 1.807) is 0 Å². The first-order chi connectivity index (χ1) is 31.0. The van der Waals surface area contributed by atoms with E-state index in [2.05, 4.69) is 69.4 Å². The smallest absolute Gasteiger partial charge is 0.306 e. The molecule has 0 saturated carbocycles. The molecule has 0 aromatic rings. The Balaban J connectivity index is 4.37. The molecule has 0 amide bonds. The summed E-state index contributed by atoms with van der Waals surface area (Å²) in [6.07, 6.45) is 62.4. The van der Waals surface area contributed by atoms with Crippen LogP contribution in [0, 0.1) is 0 Å². The van der Waals surface area contributed by atoms with Gasteiger partial charge in [0.2, 0.25) is 0 Å². The lowest BCUT2D eigenvalue weighted by molar-refractivity contribution is -0.167. The van der Waals surface area contributed by atoms with Crippen molar-refractivity contribution in [2.45, 2.75) is 284 Å². The van der Waals surface area contributed by atoms with Crippen LogP contribution in [0.2, 0.25) is 0 Å². The van der Waals surface area contributed by atoms with Gasteiger partial charge >= 0.3 is 17.9 Å². The van der Waals surface area contributed by atoms with Crippen molar-refractivity contribution in [1.82, 2.24) is 0 Å². The summed E-state index contributed by atoms with van der Waals surface area (Å²) < 4.78 is 16.8. The standard InChI is InChI=1S/C57H102O6/c1-4-7-10-13-16-19-22-25-27-28-30-32-35-38-41-44-47-50-56(59)62-53-54(52-61-55(58)49-46-43-40-37-34-31-24-21-18-15-12-9-6-3)63-57(60)51-48-45-42-39-36-33-29-26-23-20-17-14-11-8-5-2/h8,11,17,20-21,24,26,29,54H,4-7,9-10,12-16,18-19,22-23,25,27-28,30-53H2,1-3H3/b11-8+,20-17+,24-21+,29-26+/t54-/m1/s1. The Hall–Kier alpha value is -2.63. The zero-order valence-electron chi connectivity index (χ0n) is 41.8. The number of hydrogen-bond acceptors (Lipinski definition) is 6. The van der Waals surface area contributed by atoms with Crippen molar-refractivity contribution in [2.75, 3.05) is 13.2 Å². The normalized spacial score (nSPS) is 12.4. The third kappa shape index (κ3) is 50.2. The van der Waals surface area contributed by atoms with Crippen LogP contribution in [-0.2, 0) is 28.6 Å². The van der Waals surface area contributed by atoms with Gasteiger partial charge in [0.1, 0.15) is 13.2 Å². The Bertz CT molecular complexity index is 1110. The van der Waals surface area contributed by atoms with Crippen molar-refractivity contribution in [3.63, 3.8) is 0 Å². The Morgan fingerprint density at radius 1 is 0.333 bits per heavy atom. The maximum Gasteiger partial charge on any atom is 0.306 e. The number of allylic oxidation sites excluding steroid dienone is 8. The molecule has 0 unspecified atom stereocenters. The van der Waals surface area contributed by atoms with E-state index in [9.17, 15) is 14.4 Å². The fraction of sp³-hybridized carbons (Fsp3) is 0.807. The maximum absolute atomic E-state index is 12.8. The molecule has 1 atom stereocenters. The van der Waals surface area contributed by atoms with Gasteiger partial charge < -0.3 is 14.2 Å². The molecule has 0 radical (unpaired) electrons. The molecule has 0 fully saturated rings. The van der Waals surface area contributed by atoms with Crippen LogP contribution < -0.4 is 0 Å². The van der Waals surface area contributed by atoms with Gasteiger partial charge in [-0.3, -0.25) is 14.4 Å². The number of esters is 3. The van der Waals surface area contributed by atoms with E-state index in [4.69, 9.17) is 14.2 Å². The highest BCUT2D eigenvalue weighted by Crippen LogP contribution is 2.16. The van der Waals surface area contributed by atoms with Gasteiger partial charge in [0.15, 0.2) is 6.10 Å². The summed E-state index contributed by atoms with van der Waals surface area (Å²) in [4.78, 5) is 38.0. The molecule has 0 aliphatic heterocycles. The van der Waals surface area contributed by atoms with Crippen molar-refractivity contribution in [3.05, 3.63) is 48.6 Å². The SMILES string of the molecule is CC/C=C/C/C=C/C/C=C/CCCCCCCC(=O)O[C@H](COC(=O)CCCCCCC/C=C/CCCCCC)COC(=O)CCCCCCCCCCCCCCCCCCC. The average molecular weight is 883 g/mol. The highest BCUT2D eigenvalue weighted by Gasteiger charge is 2.19. The van der Waals surface area contributed by atoms with E-state index < -0.39 is 6.10 Å². The highest BCUT2D eigenvalue weighted by atomic mass is 16.6. The van der Waals surface area contributed by atoms with Crippen LogP contribution >= 0.6 is 0 Å². The predicted octanol–water partition coefficient (Wildman–Crippen LogP) is 17.9. The third-order valence-corrected chi connectivity index (χ3v) is 11.8. The minimum absolute atomic E-state index is 0.0801. The molecular weight excluding hydrogens is 781 g/mol. The molecule has 0 aliphatic carbocycles. The van der Waals surface area contributed by atoms with Gasteiger partial charge in [0, 0.05) is 19.3 Å². The molecule has 0 spiro atoms. The van der Waals surface area contributed by atoms with Crippen LogP contribution in [-0.4, -0.2) is 37.2 Å². The van der Waals surface area contributed by atoms with Crippen molar-refractivity contribution < 1.29 is 28.6 Å². The molecule has 63 heavy (non-hydrogen) atoms. The lowest BCUT2D eigenvalue weighted by Gasteiger charge is -2.18. The van der Waals surface area contributed by atoms with Crippen LogP contribution in [0.1, 0.15) is 278 Å². The molecular formula is C57H102O6. The fourth-order valence-corrected chi connectivity index (χ4v) is 7.75. The van der Waals surface area contributed by atoms with Gasteiger partial charge in [0.05, 0.1) is 0 Å². The maximum atomic E-state index is 12.8. The second-order valence-electron chi connectivity index (χ2n) is 18.1. The van der Waals surface area contributed by atoms with Crippen LogP contribution in [0.4, 0.5) is 0 Å². The molecule has 0 rings (SSSR count). The molecule has 0 bridgehead atoms. The van der Waals surface area contributed by atoms with Crippen LogP contribution in [0.25, 0.3) is 0 Å². The Morgan fingerprint density at radius 3 is 1.00 bits per heavy atom. The second kappa shape index (κ2) is 52.0. The molecule has 366 valence electrons. The number of hydrogen-bond donors (Lipinski definition) is 0. The number of carbonyl (C=O) groups excluding carboxylic acids is 3. The van der Waals surface area contributed by atoms with Crippen LogP contribution in [0.5, 0.6) is 0 Å². The molecule has 0 heterocycles. The van der Waals surface area contributed by atoms with Gasteiger partial charge in [-0.1, -0.05) is 230 Å². The van der Waals surface area contributed by atoms with Crippen LogP contribution in [0.3, 0.4) is 0 Å². The molecule has 0 N–H and O–H groups in total. The zero-order valence-corrected chi connectivity index (χ0v) is 41.8. The van der Waals surface area contributed by atoms with E-state index >= 15 is 0 Å². The van der Waals surface area contributed by atoms with Crippen molar-refractivity contribution in [1.29, 1.82) is 0 Å². The summed E-state index contributed by atoms with van der Waals surface area (Å²) in [7, 11) is 0. The number of unbranched alkanes of at least 4 members (excludes halogenated alkanes) is 30. The predicted molar refractivity (Wildman–Crippen MR) is 270 cm³/mol. The summed E-state index contributed by atoms with van der Waals surface area (Å²) in [5.74, 6) is -0.896. The van der Waals surface area contributed by atoms with Gasteiger partial charge in [-0.05, 0) is 77.0 Å². The topological polar surface area (TPSA) is 78.9 Å². The monoisotopic (exact) mass is 883 g/mol. The van der Waals surface area contributed by atoms with E-state index in [0.29, 0.717) is 19.3 Å². The summed E-state index contributed by atoms with van der Waals surface area (Å²) >= 11 is 0. The third-order valence-electron chi connectivity index (χ3n) is 11.8. The van der Waals surface area contributed by atoms with Crippen molar-refractivity contribution in [2.24, 2.45) is 0 Å². The van der Waals surface area contributed by atoms with Crippen LogP contribution in [0.15, 0.2) is 48.6 Å². The molecule has 6 nitrogen and oxygen atoms in total. The average Bonchev–Trinajstić information content (AvgIpc) is 3.28. The summed E-state index contributed by atoms with van der Waals surface area (Å²) in [6, 6.07) is 0. The molecule has 0 aromatic heterocycles. The zero-order chi connectivity index (χ0) is 45.8. The van der Waals surface area contributed by atoms with E-state index in [1.807, 2.05) is 0 Å². The minimum atomic E-state index is -0.782. The van der Waals surface area contributed by atoms with Gasteiger partial charge in [-0.2, -0.15) is 0 Å². The molecule has 0 aromatic carbocycles. The van der Waals surface area contributed by atoms with E-state index in [0.717, 1.165) is 103 Å². The molecule has 0 aliphatic rings. The van der Waals surface area contributed by atoms with E-state index in [1.165, 1.54) is 135 Å². The molecule has 6 heteroatoms. The Kier molecular flexibility index (Phi) is 49.8. The number of carbonyl (C=O) groups is 3. The number of ether oxygens (including phenoxy) is 3. The second-order valence-corrected chi connectivity index (χ2v) is 18.1. The first-order valence-electron chi connectivity index (χ1n) is 27.1. The van der Waals surface area contributed by atoms with Gasteiger partial charge in [-0.15, -0.1) is 0 Å². The summed E-state index contributed by atoms with van der Waals surface area (Å²) in [5.41, 5.74) is 0. The summed E-state index contributed by atoms with van der Waals surface area (Å²) in [6.45, 7) is 6.52. The quantitative estimate of drug-likeness (QED) is 0.0262. The Labute approximate surface area is 390 Å². The first kappa shape index (κ1) is 60.4. The fourth-order valence-electron chi connectivity index (χ4n) is 7.75. The minimum Gasteiger partial charge on any atom is -0.462 e.